The second-order valence-corrected chi connectivity index (χ2v) is 22.2. The van der Waals surface area contributed by atoms with E-state index in [0.717, 1.165) is 24.8 Å². The average Bonchev–Trinajstić information content (AvgIpc) is 3.50. The van der Waals surface area contributed by atoms with Gasteiger partial charge in [-0.2, -0.15) is 26.3 Å². The Bertz CT molecular complexity index is 1400. The first-order chi connectivity index (χ1) is 21.9. The number of urea groups is 1. The third-order valence-corrected chi connectivity index (χ3v) is 11.2. The van der Waals surface area contributed by atoms with Gasteiger partial charge in [0.1, 0.15) is 29.4 Å². The number of carbonyl (C=O) groups is 1. The van der Waals surface area contributed by atoms with Crippen LogP contribution in [0, 0.1) is 0 Å². The summed E-state index contributed by atoms with van der Waals surface area (Å²) in [6.45, 7) is 12.5. The molecular weight excluding hydrogens is 685 g/mol. The molecule has 0 radical (unpaired) electrons. The maximum Gasteiger partial charge on any atom is 0.416 e. The van der Waals surface area contributed by atoms with Crippen LogP contribution in [-0.4, -0.2) is 95.3 Å². The topological polar surface area (TPSA) is 113 Å². The number of hydrogen-bond acceptors (Lipinski definition) is 7. The number of hydrogen-bond donors (Lipinski definition) is 2. The Kier molecular flexibility index (Phi) is 12.6. The molecule has 0 saturated carbocycles. The van der Waals surface area contributed by atoms with E-state index in [2.05, 4.69) is 24.4 Å². The number of alkyl halides is 6. The second-order valence-electron chi connectivity index (χ2n) is 14.5. The summed E-state index contributed by atoms with van der Waals surface area (Å²) in [4.78, 5) is 18.4. The predicted molar refractivity (Wildman–Crippen MR) is 173 cm³/mol. The fourth-order valence-corrected chi connectivity index (χ4v) is 6.23. The van der Waals surface area contributed by atoms with Crippen molar-refractivity contribution in [3.63, 3.8) is 0 Å². The SMILES string of the molecule is COC[C@H](c1ccc2c(c1)nc([C@H](COC(C)(C)C(F)(F)F)N[S+]([O-])C(C)(C)C)n2COCC[Si](C)(C)C)N1C[C@@H](C(F)(F)F)NC1=O. The molecule has 1 aromatic heterocycles. The van der Waals surface area contributed by atoms with E-state index in [0.29, 0.717) is 23.2 Å². The second kappa shape index (κ2) is 15.0. The van der Waals surface area contributed by atoms with Gasteiger partial charge in [-0.25, -0.2) is 9.78 Å². The van der Waals surface area contributed by atoms with Crippen molar-refractivity contribution in [3.05, 3.63) is 29.6 Å². The molecule has 10 nitrogen and oxygen atoms in total. The first-order valence-corrected chi connectivity index (χ1v) is 20.3. The molecule has 0 aliphatic carbocycles. The van der Waals surface area contributed by atoms with Crippen molar-refractivity contribution >= 4 is 36.5 Å². The molecule has 3 rings (SSSR count). The molecule has 274 valence electrons. The van der Waals surface area contributed by atoms with Crippen molar-refractivity contribution in [2.75, 3.05) is 33.5 Å². The fraction of sp³-hybridized carbons (Fsp3) is 0.733. The zero-order chi connectivity index (χ0) is 36.5. The maximum atomic E-state index is 13.8. The molecular formula is C30H47F6N5O5SSi. The van der Waals surface area contributed by atoms with Crippen molar-refractivity contribution in [2.45, 2.75) is 108 Å². The summed E-state index contributed by atoms with van der Waals surface area (Å²) >= 11 is -1.76. The van der Waals surface area contributed by atoms with E-state index >= 15 is 0 Å². The number of nitrogens with one attached hydrogen (secondary N) is 2. The quantitative estimate of drug-likeness (QED) is 0.0939. The van der Waals surface area contributed by atoms with Crippen LogP contribution >= 0.6 is 0 Å². The summed E-state index contributed by atoms with van der Waals surface area (Å²) in [5, 5.41) is 1.97. The number of amides is 2. The predicted octanol–water partition coefficient (Wildman–Crippen LogP) is 6.44. The van der Waals surface area contributed by atoms with E-state index in [9.17, 15) is 35.7 Å². The van der Waals surface area contributed by atoms with Crippen molar-refractivity contribution < 1.29 is 49.9 Å². The minimum atomic E-state index is -4.70. The molecule has 48 heavy (non-hydrogen) atoms. The molecule has 2 N–H and O–H groups in total. The zero-order valence-corrected chi connectivity index (χ0v) is 30.6. The summed E-state index contributed by atoms with van der Waals surface area (Å²) in [6, 6.07) is 0.744. The number of methoxy groups -OCH3 is 1. The summed E-state index contributed by atoms with van der Waals surface area (Å²) in [5.41, 5.74) is -1.28. The molecule has 1 saturated heterocycles. The van der Waals surface area contributed by atoms with Crippen LogP contribution < -0.4 is 10.0 Å². The van der Waals surface area contributed by atoms with Crippen molar-refractivity contribution in [3.8, 4) is 0 Å². The Morgan fingerprint density at radius 2 is 1.75 bits per heavy atom. The largest absolute Gasteiger partial charge is 0.598 e. The van der Waals surface area contributed by atoms with Crippen LogP contribution in [0.25, 0.3) is 11.0 Å². The minimum Gasteiger partial charge on any atom is -0.598 e. The summed E-state index contributed by atoms with van der Waals surface area (Å²) in [5.74, 6) is 0.185. The fourth-order valence-electron chi connectivity index (χ4n) is 4.68. The molecule has 1 fully saturated rings. The van der Waals surface area contributed by atoms with Crippen molar-refractivity contribution in [1.29, 1.82) is 0 Å². The molecule has 1 aromatic carbocycles. The van der Waals surface area contributed by atoms with Gasteiger partial charge in [0, 0.05) is 33.2 Å². The molecule has 2 aromatic rings. The van der Waals surface area contributed by atoms with Crippen LogP contribution in [0.3, 0.4) is 0 Å². The molecule has 0 bridgehead atoms. The van der Waals surface area contributed by atoms with Crippen LogP contribution in [0.4, 0.5) is 31.1 Å². The number of rotatable bonds is 15. The van der Waals surface area contributed by atoms with Crippen LogP contribution in [0.15, 0.2) is 18.2 Å². The molecule has 1 unspecified atom stereocenters. The van der Waals surface area contributed by atoms with Crippen LogP contribution in [0.2, 0.25) is 25.7 Å². The molecule has 18 heteroatoms. The van der Waals surface area contributed by atoms with Crippen LogP contribution in [0.1, 0.15) is 58.1 Å². The Balaban J connectivity index is 2.11. The standard InChI is InChI=1S/C30H47F6N5O5SSi/c1-27(2,3)47(43)39-21(16-46-28(4,5)30(34,35)36)25-37-20-14-19(10-11-22(20)41(25)18-45-12-13-48(7,8)9)23(17-44-6)40-15-24(29(31,32)33)38-26(40)42/h10-11,14,21,23-24,39H,12-13,15-18H2,1-9H3,(H,38,42)/t21-,23+,24-,47?/m0/s1. The highest BCUT2D eigenvalue weighted by molar-refractivity contribution is 7.90. The number of imidazole rings is 1. The van der Waals surface area contributed by atoms with Crippen LogP contribution in [-0.2, 0) is 32.3 Å². The summed E-state index contributed by atoms with van der Waals surface area (Å²) < 4.78 is 115. The van der Waals surface area contributed by atoms with E-state index in [1.165, 1.54) is 7.11 Å². The first-order valence-electron chi connectivity index (χ1n) is 15.4. The number of fused-ring (bicyclic) bond motifs is 1. The highest BCUT2D eigenvalue weighted by Gasteiger charge is 2.50. The van der Waals surface area contributed by atoms with Gasteiger partial charge in [0.2, 0.25) is 0 Å². The molecule has 4 atom stereocenters. The van der Waals surface area contributed by atoms with Gasteiger partial charge in [0.15, 0.2) is 5.60 Å². The normalized spacial score (nSPS) is 18.8. The van der Waals surface area contributed by atoms with Crippen molar-refractivity contribution in [1.82, 2.24) is 24.5 Å². The Morgan fingerprint density at radius 3 is 2.27 bits per heavy atom. The lowest BCUT2D eigenvalue weighted by Gasteiger charge is -2.32. The molecule has 2 heterocycles. The van der Waals surface area contributed by atoms with Gasteiger partial charge in [0.25, 0.3) is 0 Å². The third kappa shape index (κ3) is 10.2. The monoisotopic (exact) mass is 731 g/mol. The van der Waals surface area contributed by atoms with E-state index in [1.807, 2.05) is 5.32 Å². The first kappa shape index (κ1) is 40.3. The number of aromatic nitrogens is 2. The van der Waals surface area contributed by atoms with Gasteiger partial charge in [-0.3, -0.25) is 0 Å². The molecule has 2 amide bonds. The highest BCUT2D eigenvalue weighted by atomic mass is 32.2. The molecule has 1 aliphatic heterocycles. The number of halogens is 6. The van der Waals surface area contributed by atoms with E-state index in [1.54, 1.807) is 43.5 Å². The van der Waals surface area contributed by atoms with Gasteiger partial charge >= 0.3 is 18.4 Å². The van der Waals surface area contributed by atoms with Gasteiger partial charge in [0.05, 0.1) is 36.8 Å². The number of ether oxygens (including phenoxy) is 3. The van der Waals surface area contributed by atoms with E-state index in [-0.39, 0.29) is 19.2 Å². The minimum absolute atomic E-state index is 0.0397. The van der Waals surface area contributed by atoms with Gasteiger partial charge in [-0.05, 0) is 58.4 Å². The summed E-state index contributed by atoms with van der Waals surface area (Å²) in [6.07, 6.45) is -9.34. The zero-order valence-electron chi connectivity index (χ0n) is 28.8. The maximum absolute atomic E-state index is 13.8. The van der Waals surface area contributed by atoms with Crippen molar-refractivity contribution in [2.24, 2.45) is 0 Å². The lowest BCUT2D eigenvalue weighted by atomic mass is 10.1. The van der Waals surface area contributed by atoms with Gasteiger partial charge in [-0.15, -0.1) is 4.72 Å². The Labute approximate surface area is 281 Å². The van der Waals surface area contributed by atoms with E-state index in [4.69, 9.17) is 19.2 Å². The van der Waals surface area contributed by atoms with Gasteiger partial charge in [-0.1, -0.05) is 25.7 Å². The smallest absolute Gasteiger partial charge is 0.416 e. The van der Waals surface area contributed by atoms with Crippen LogP contribution in [0.5, 0.6) is 0 Å². The lowest BCUT2D eigenvalue weighted by molar-refractivity contribution is -0.265. The number of nitrogens with zero attached hydrogens (tertiary/aromatic N) is 3. The Hall–Kier alpha value is -2.09. The van der Waals surface area contributed by atoms with Gasteiger partial charge < -0.3 is 33.5 Å². The number of carbonyl (C=O) groups excluding carboxylic acids is 1. The lowest BCUT2D eigenvalue weighted by Crippen LogP contribution is -2.47. The average molecular weight is 732 g/mol. The summed E-state index contributed by atoms with van der Waals surface area (Å²) in [7, 11) is -0.114. The highest BCUT2D eigenvalue weighted by Crippen LogP contribution is 2.36. The molecule has 0 spiro atoms. The Morgan fingerprint density at radius 1 is 1.10 bits per heavy atom. The van der Waals surface area contributed by atoms with E-state index < -0.39 is 79.4 Å². The molecule has 1 aliphatic rings. The third-order valence-electron chi connectivity index (χ3n) is 7.85. The number of benzene rings is 1.